The van der Waals surface area contributed by atoms with Gasteiger partial charge in [-0.3, -0.25) is 14.4 Å². The third-order valence-electron chi connectivity index (χ3n) is 2.55. The Labute approximate surface area is 133 Å². The fourth-order valence-electron chi connectivity index (χ4n) is 1.60. The molecule has 0 bridgehead atoms. The van der Waals surface area contributed by atoms with Crippen LogP contribution in [0.1, 0.15) is 10.4 Å². The maximum absolute atomic E-state index is 11.6. The number of amides is 2. The van der Waals surface area contributed by atoms with Crippen LogP contribution in [0.25, 0.3) is 0 Å². The number of carbonyl (C=O) groups is 3. The Balaban J connectivity index is 2.63. The van der Waals surface area contributed by atoms with Gasteiger partial charge in [-0.25, -0.2) is 8.42 Å². The highest BCUT2D eigenvalue weighted by Crippen LogP contribution is 2.10. The van der Waals surface area contributed by atoms with Gasteiger partial charge in [0, 0.05) is 11.3 Å². The van der Waals surface area contributed by atoms with Gasteiger partial charge in [-0.15, -0.1) is 6.58 Å². The van der Waals surface area contributed by atoms with E-state index in [-0.39, 0.29) is 11.3 Å². The van der Waals surface area contributed by atoms with E-state index >= 15 is 0 Å². The fourth-order valence-corrected chi connectivity index (χ4v) is 2.55. The standard InChI is InChI=1S/C14H16N2O6S/c1-2-7-23(21,22)9-12(17)16-11-5-3-10(4-6-11)14(20)15-8-13(18)19/h2-6H,1,7-9H2,(H,15,20)(H,16,17)(H,18,19). The van der Waals surface area contributed by atoms with Crippen LogP contribution >= 0.6 is 0 Å². The first-order chi connectivity index (χ1) is 10.7. The lowest BCUT2D eigenvalue weighted by atomic mass is 10.2. The number of sulfone groups is 1. The molecule has 0 radical (unpaired) electrons. The Hall–Kier alpha value is -2.68. The van der Waals surface area contributed by atoms with Crippen LogP contribution in [-0.2, 0) is 19.4 Å². The number of carboxylic acids is 1. The fraction of sp³-hybridized carbons (Fsp3) is 0.214. The van der Waals surface area contributed by atoms with E-state index in [0.717, 1.165) is 0 Å². The third-order valence-corrected chi connectivity index (χ3v) is 4.00. The Morgan fingerprint density at radius 2 is 1.78 bits per heavy atom. The Morgan fingerprint density at radius 1 is 1.17 bits per heavy atom. The number of benzene rings is 1. The van der Waals surface area contributed by atoms with E-state index in [1.165, 1.54) is 30.3 Å². The van der Waals surface area contributed by atoms with Gasteiger partial charge < -0.3 is 15.7 Å². The Kier molecular flexibility index (Phi) is 6.46. The average Bonchev–Trinajstić information content (AvgIpc) is 2.44. The lowest BCUT2D eigenvalue weighted by Gasteiger charge is -2.07. The highest BCUT2D eigenvalue weighted by atomic mass is 32.2. The van der Waals surface area contributed by atoms with Crippen molar-refractivity contribution in [1.29, 1.82) is 0 Å². The van der Waals surface area contributed by atoms with E-state index in [2.05, 4.69) is 17.2 Å². The topological polar surface area (TPSA) is 130 Å². The van der Waals surface area contributed by atoms with Crippen LogP contribution in [0.5, 0.6) is 0 Å². The van der Waals surface area contributed by atoms with Crippen molar-refractivity contribution in [1.82, 2.24) is 5.32 Å². The van der Waals surface area contributed by atoms with Gasteiger partial charge in [0.2, 0.25) is 5.91 Å². The molecule has 0 saturated carbocycles. The minimum absolute atomic E-state index is 0.212. The molecule has 0 aliphatic heterocycles. The van der Waals surface area contributed by atoms with Crippen LogP contribution in [-0.4, -0.2) is 49.4 Å². The summed E-state index contributed by atoms with van der Waals surface area (Å²) in [5, 5.41) is 13.0. The Morgan fingerprint density at radius 3 is 2.30 bits per heavy atom. The van der Waals surface area contributed by atoms with Crippen molar-refractivity contribution in [2.45, 2.75) is 0 Å². The van der Waals surface area contributed by atoms with Crippen molar-refractivity contribution in [2.75, 3.05) is 23.4 Å². The van der Waals surface area contributed by atoms with E-state index in [4.69, 9.17) is 5.11 Å². The van der Waals surface area contributed by atoms with Crippen LogP contribution in [0.3, 0.4) is 0 Å². The van der Waals surface area contributed by atoms with Crippen molar-refractivity contribution in [3.05, 3.63) is 42.5 Å². The van der Waals surface area contributed by atoms with Crippen LogP contribution in [0, 0.1) is 0 Å². The molecule has 8 nitrogen and oxygen atoms in total. The van der Waals surface area contributed by atoms with Gasteiger partial charge in [0.05, 0.1) is 5.75 Å². The lowest BCUT2D eigenvalue weighted by Crippen LogP contribution is -2.29. The van der Waals surface area contributed by atoms with Gasteiger partial charge in [0.25, 0.3) is 5.91 Å². The van der Waals surface area contributed by atoms with Gasteiger partial charge >= 0.3 is 5.97 Å². The number of carbonyl (C=O) groups excluding carboxylic acids is 2. The molecule has 2 amide bonds. The molecule has 0 saturated heterocycles. The normalized spacial score (nSPS) is 10.6. The second kappa shape index (κ2) is 8.08. The molecule has 0 spiro atoms. The third kappa shape index (κ3) is 6.74. The predicted octanol–water partition coefficient (Wildman–Crippen LogP) is 0.0403. The van der Waals surface area contributed by atoms with Crippen molar-refractivity contribution >= 4 is 33.3 Å². The second-order valence-electron chi connectivity index (χ2n) is 4.55. The summed E-state index contributed by atoms with van der Waals surface area (Å²) in [4.78, 5) is 33.6. The van der Waals surface area contributed by atoms with Crippen molar-refractivity contribution in [3.8, 4) is 0 Å². The van der Waals surface area contributed by atoms with Gasteiger partial charge in [0.1, 0.15) is 12.3 Å². The van der Waals surface area contributed by atoms with Crippen LogP contribution in [0.2, 0.25) is 0 Å². The monoisotopic (exact) mass is 340 g/mol. The summed E-state index contributed by atoms with van der Waals surface area (Å²) >= 11 is 0. The number of nitrogens with one attached hydrogen (secondary N) is 2. The van der Waals surface area contributed by atoms with Crippen molar-refractivity contribution < 1.29 is 27.9 Å². The second-order valence-corrected chi connectivity index (χ2v) is 6.65. The van der Waals surface area contributed by atoms with E-state index in [0.29, 0.717) is 5.69 Å². The van der Waals surface area contributed by atoms with Crippen molar-refractivity contribution in [2.24, 2.45) is 0 Å². The molecule has 0 aliphatic carbocycles. The smallest absolute Gasteiger partial charge is 0.322 e. The number of hydrogen-bond acceptors (Lipinski definition) is 5. The molecular formula is C14H16N2O6S. The molecule has 0 aliphatic rings. The molecule has 124 valence electrons. The quantitative estimate of drug-likeness (QED) is 0.573. The number of aliphatic carboxylic acids is 1. The number of carboxylic acid groups (broad SMARTS) is 1. The average molecular weight is 340 g/mol. The maximum Gasteiger partial charge on any atom is 0.322 e. The first-order valence-electron chi connectivity index (χ1n) is 6.45. The highest BCUT2D eigenvalue weighted by Gasteiger charge is 2.15. The SMILES string of the molecule is C=CCS(=O)(=O)CC(=O)Nc1ccc(C(=O)NCC(=O)O)cc1. The maximum atomic E-state index is 11.6. The summed E-state index contributed by atoms with van der Waals surface area (Å²) in [6.07, 6.45) is 1.20. The zero-order valence-electron chi connectivity index (χ0n) is 12.1. The van der Waals surface area contributed by atoms with E-state index < -0.39 is 39.9 Å². The molecular weight excluding hydrogens is 324 g/mol. The lowest BCUT2D eigenvalue weighted by molar-refractivity contribution is -0.135. The molecule has 0 aromatic heterocycles. The first kappa shape index (κ1) is 18.4. The van der Waals surface area contributed by atoms with E-state index in [1.54, 1.807) is 0 Å². The molecule has 0 heterocycles. The highest BCUT2D eigenvalue weighted by molar-refractivity contribution is 7.92. The zero-order chi connectivity index (χ0) is 17.5. The van der Waals surface area contributed by atoms with Crippen LogP contribution in [0.4, 0.5) is 5.69 Å². The molecule has 3 N–H and O–H groups in total. The van der Waals surface area contributed by atoms with Gasteiger partial charge in [-0.05, 0) is 24.3 Å². The predicted molar refractivity (Wildman–Crippen MR) is 83.9 cm³/mol. The van der Waals surface area contributed by atoms with Crippen molar-refractivity contribution in [3.63, 3.8) is 0 Å². The van der Waals surface area contributed by atoms with Gasteiger partial charge in [-0.1, -0.05) is 6.08 Å². The largest absolute Gasteiger partial charge is 0.480 e. The van der Waals surface area contributed by atoms with E-state index in [9.17, 15) is 22.8 Å². The molecule has 0 unspecified atom stereocenters. The number of rotatable bonds is 8. The molecule has 23 heavy (non-hydrogen) atoms. The summed E-state index contributed by atoms with van der Waals surface area (Å²) in [6, 6.07) is 5.58. The minimum atomic E-state index is -3.54. The molecule has 0 fully saturated rings. The summed E-state index contributed by atoms with van der Waals surface area (Å²) in [7, 11) is -3.54. The first-order valence-corrected chi connectivity index (χ1v) is 8.27. The summed E-state index contributed by atoms with van der Waals surface area (Å²) in [5.74, 6) is -3.39. The minimum Gasteiger partial charge on any atom is -0.480 e. The molecule has 0 atom stereocenters. The summed E-state index contributed by atoms with van der Waals surface area (Å²) < 4.78 is 22.9. The Bertz CT molecular complexity index is 709. The number of anilines is 1. The van der Waals surface area contributed by atoms with Crippen LogP contribution < -0.4 is 10.6 Å². The van der Waals surface area contributed by atoms with Gasteiger partial charge in [0.15, 0.2) is 9.84 Å². The molecule has 9 heteroatoms. The molecule has 1 aromatic carbocycles. The summed E-state index contributed by atoms with van der Waals surface area (Å²) in [5.41, 5.74) is 0.530. The summed E-state index contributed by atoms with van der Waals surface area (Å²) in [6.45, 7) is 2.80. The van der Waals surface area contributed by atoms with Crippen LogP contribution in [0.15, 0.2) is 36.9 Å². The van der Waals surface area contributed by atoms with E-state index in [1.807, 2.05) is 0 Å². The molecule has 1 rings (SSSR count). The zero-order valence-corrected chi connectivity index (χ0v) is 12.9. The number of hydrogen-bond donors (Lipinski definition) is 3. The molecule has 1 aromatic rings. The van der Waals surface area contributed by atoms with Gasteiger partial charge in [-0.2, -0.15) is 0 Å².